The first-order chi connectivity index (χ1) is 15.5. The molecule has 0 aromatic heterocycles. The van der Waals surface area contributed by atoms with Gasteiger partial charge in [-0.1, -0.05) is 42.5 Å². The highest BCUT2D eigenvalue weighted by Crippen LogP contribution is 2.40. The molecule has 0 fully saturated rings. The molecular weight excluding hydrogens is 451 g/mol. The zero-order valence-corrected chi connectivity index (χ0v) is 16.8. The number of fused-ring (bicyclic) bond motifs is 1. The van der Waals surface area contributed by atoms with Crippen LogP contribution in [0.4, 0.5) is 30.7 Å². The Morgan fingerprint density at radius 3 is 1.91 bits per heavy atom. The minimum absolute atomic E-state index is 0.00750. The summed E-state index contributed by atoms with van der Waals surface area (Å²) in [5.74, 6) is -1.69. The predicted octanol–water partition coefficient (Wildman–Crippen LogP) is 6.65. The van der Waals surface area contributed by atoms with E-state index in [9.17, 15) is 35.5 Å². The monoisotopic (exact) mass is 467 g/mol. The van der Waals surface area contributed by atoms with Gasteiger partial charge in [0.2, 0.25) is 0 Å². The van der Waals surface area contributed by atoms with Gasteiger partial charge in [-0.15, -0.1) is 0 Å². The molecule has 0 spiro atoms. The van der Waals surface area contributed by atoms with Crippen LogP contribution in [0.15, 0.2) is 66.7 Å². The lowest BCUT2D eigenvalue weighted by Gasteiger charge is -2.38. The van der Waals surface area contributed by atoms with Gasteiger partial charge in [0, 0.05) is 17.7 Å². The number of carbonyl (C=O) groups is 1. The van der Waals surface area contributed by atoms with Gasteiger partial charge in [0.25, 0.3) is 5.91 Å². The number of nitrogens with zero attached hydrogens (tertiary/aromatic N) is 1. The van der Waals surface area contributed by atoms with E-state index >= 15 is 0 Å². The Morgan fingerprint density at radius 1 is 0.788 bits per heavy atom. The van der Waals surface area contributed by atoms with Gasteiger partial charge in [-0.05, 0) is 41.8 Å². The highest BCUT2D eigenvalue weighted by atomic mass is 19.4. The van der Waals surface area contributed by atoms with E-state index in [-0.39, 0.29) is 18.2 Å². The van der Waals surface area contributed by atoms with Gasteiger partial charge in [-0.2, -0.15) is 26.3 Å². The molecule has 1 aliphatic rings. The van der Waals surface area contributed by atoms with Crippen LogP contribution in [0.3, 0.4) is 0 Å². The van der Waals surface area contributed by atoms with E-state index in [1.165, 1.54) is 18.2 Å². The van der Waals surface area contributed by atoms with Gasteiger partial charge in [0.15, 0.2) is 0 Å². The third kappa shape index (κ3) is 4.44. The number of alkyl halides is 6. The highest BCUT2D eigenvalue weighted by molar-refractivity contribution is 5.95. The van der Waals surface area contributed by atoms with Gasteiger partial charge in [0.1, 0.15) is 5.82 Å². The van der Waals surface area contributed by atoms with Crippen molar-refractivity contribution in [1.82, 2.24) is 4.90 Å². The molecule has 0 aliphatic carbocycles. The molecule has 1 aliphatic heterocycles. The molecule has 1 atom stereocenters. The molecule has 3 aromatic rings. The molecule has 4 rings (SSSR count). The summed E-state index contributed by atoms with van der Waals surface area (Å²) in [6.45, 7) is -0.00750. The lowest BCUT2D eigenvalue weighted by atomic mass is 9.87. The van der Waals surface area contributed by atoms with Crippen molar-refractivity contribution < 1.29 is 35.5 Å². The number of hydrogen-bond acceptors (Lipinski definition) is 1. The smallest absolute Gasteiger partial charge is 0.327 e. The van der Waals surface area contributed by atoms with Crippen molar-refractivity contribution in [2.45, 2.75) is 24.8 Å². The van der Waals surface area contributed by atoms with Crippen LogP contribution in [-0.2, 0) is 18.8 Å². The summed E-state index contributed by atoms with van der Waals surface area (Å²) in [5, 5.41) is 0. The Morgan fingerprint density at radius 2 is 1.33 bits per heavy atom. The average Bonchev–Trinajstić information content (AvgIpc) is 2.77. The third-order valence-electron chi connectivity index (χ3n) is 5.58. The van der Waals surface area contributed by atoms with E-state index in [1.807, 2.05) is 0 Å². The summed E-state index contributed by atoms with van der Waals surface area (Å²) in [4.78, 5) is 14.5. The van der Waals surface area contributed by atoms with Crippen LogP contribution in [0.5, 0.6) is 0 Å². The molecule has 0 N–H and O–H groups in total. The van der Waals surface area contributed by atoms with Crippen molar-refractivity contribution in [2.75, 3.05) is 6.54 Å². The summed E-state index contributed by atoms with van der Waals surface area (Å²) in [5.41, 5.74) is -2.46. The quantitative estimate of drug-likeness (QED) is 0.387. The zero-order chi connectivity index (χ0) is 24.0. The Labute approximate surface area is 184 Å². The molecule has 33 heavy (non-hydrogen) atoms. The summed E-state index contributed by atoms with van der Waals surface area (Å²) in [6.07, 6.45) is -9.86. The lowest BCUT2D eigenvalue weighted by molar-refractivity contribution is -0.143. The normalized spacial score (nSPS) is 16.5. The van der Waals surface area contributed by atoms with Gasteiger partial charge in [0.05, 0.1) is 17.2 Å². The van der Waals surface area contributed by atoms with Crippen molar-refractivity contribution >= 4 is 5.91 Å². The SMILES string of the molecule is O=C(c1cc(C(F)(F)F)cc(C(F)(F)F)c1)N1CCc2ccccc2[C@@H]1c1ccccc1F. The minimum atomic E-state index is -5.09. The number of carbonyl (C=O) groups excluding carboxylic acids is 1. The average molecular weight is 467 g/mol. The zero-order valence-electron chi connectivity index (χ0n) is 16.8. The maximum Gasteiger partial charge on any atom is 0.416 e. The minimum Gasteiger partial charge on any atom is -0.327 e. The largest absolute Gasteiger partial charge is 0.416 e. The van der Waals surface area contributed by atoms with Crippen molar-refractivity contribution in [2.24, 2.45) is 0 Å². The Balaban J connectivity index is 1.86. The molecule has 0 unspecified atom stereocenters. The van der Waals surface area contributed by atoms with Crippen molar-refractivity contribution in [3.63, 3.8) is 0 Å². The second-order valence-electron chi connectivity index (χ2n) is 7.67. The second-order valence-corrected chi connectivity index (χ2v) is 7.67. The first-order valence-corrected chi connectivity index (χ1v) is 9.89. The van der Waals surface area contributed by atoms with E-state index in [1.54, 1.807) is 30.3 Å². The van der Waals surface area contributed by atoms with E-state index < -0.39 is 46.8 Å². The van der Waals surface area contributed by atoms with Crippen LogP contribution < -0.4 is 0 Å². The van der Waals surface area contributed by atoms with Gasteiger partial charge in [-0.3, -0.25) is 4.79 Å². The standard InChI is InChI=1S/C24H16F7NO/c25-20-8-4-3-7-19(20)21-18-6-2-1-5-14(18)9-10-32(21)22(33)15-11-16(23(26,27)28)13-17(12-15)24(29,30)31/h1-8,11-13,21H,9-10H2/t21-/m1/s1. The van der Waals surface area contributed by atoms with Crippen molar-refractivity contribution in [3.05, 3.63) is 106 Å². The number of hydrogen-bond donors (Lipinski definition) is 0. The summed E-state index contributed by atoms with van der Waals surface area (Å²) < 4.78 is 94.5. The summed E-state index contributed by atoms with van der Waals surface area (Å²) in [7, 11) is 0. The third-order valence-corrected chi connectivity index (χ3v) is 5.58. The maximum absolute atomic E-state index is 14.7. The molecule has 1 heterocycles. The van der Waals surface area contributed by atoms with E-state index in [0.29, 0.717) is 24.1 Å². The van der Waals surface area contributed by atoms with Crippen LogP contribution in [0.2, 0.25) is 0 Å². The maximum atomic E-state index is 14.7. The predicted molar refractivity (Wildman–Crippen MR) is 106 cm³/mol. The topological polar surface area (TPSA) is 20.3 Å². The molecule has 0 saturated heterocycles. The summed E-state index contributed by atoms with van der Waals surface area (Å²) >= 11 is 0. The van der Waals surface area contributed by atoms with Gasteiger partial charge < -0.3 is 4.90 Å². The number of benzene rings is 3. The van der Waals surface area contributed by atoms with Crippen LogP contribution in [0.25, 0.3) is 0 Å². The molecule has 172 valence electrons. The molecule has 1 amide bonds. The van der Waals surface area contributed by atoms with Gasteiger partial charge in [-0.25, -0.2) is 4.39 Å². The Bertz CT molecular complexity index is 1170. The first-order valence-electron chi connectivity index (χ1n) is 9.89. The van der Waals surface area contributed by atoms with Crippen LogP contribution >= 0.6 is 0 Å². The number of halogens is 7. The van der Waals surface area contributed by atoms with Crippen LogP contribution in [0, 0.1) is 5.82 Å². The van der Waals surface area contributed by atoms with Gasteiger partial charge >= 0.3 is 12.4 Å². The number of amides is 1. The molecule has 2 nitrogen and oxygen atoms in total. The van der Waals surface area contributed by atoms with Crippen LogP contribution in [-0.4, -0.2) is 17.4 Å². The first kappa shape index (κ1) is 22.8. The van der Waals surface area contributed by atoms with E-state index in [0.717, 1.165) is 10.5 Å². The molecule has 9 heteroatoms. The molecular formula is C24H16F7NO. The van der Waals surface area contributed by atoms with E-state index in [2.05, 4.69) is 0 Å². The Kier molecular flexibility index (Phi) is 5.67. The van der Waals surface area contributed by atoms with Crippen molar-refractivity contribution in [1.29, 1.82) is 0 Å². The highest BCUT2D eigenvalue weighted by Gasteiger charge is 2.39. The summed E-state index contributed by atoms with van der Waals surface area (Å²) in [6, 6.07) is 12.3. The molecule has 0 radical (unpaired) electrons. The molecule has 0 saturated carbocycles. The second kappa shape index (κ2) is 8.20. The number of rotatable bonds is 2. The van der Waals surface area contributed by atoms with Crippen LogP contribution in [0.1, 0.15) is 44.2 Å². The lowest BCUT2D eigenvalue weighted by Crippen LogP contribution is -2.41. The fraction of sp³-hybridized carbons (Fsp3) is 0.208. The molecule has 3 aromatic carbocycles. The van der Waals surface area contributed by atoms with E-state index in [4.69, 9.17) is 0 Å². The fourth-order valence-electron chi connectivity index (χ4n) is 4.06. The molecule has 0 bridgehead atoms. The van der Waals surface area contributed by atoms with Crippen molar-refractivity contribution in [3.8, 4) is 0 Å². The fourth-order valence-corrected chi connectivity index (χ4v) is 4.06. The Hall–Kier alpha value is -3.36.